The minimum absolute atomic E-state index is 0.190. The highest BCUT2D eigenvalue weighted by molar-refractivity contribution is 6.04. The molecule has 0 aliphatic heterocycles. The molecule has 0 bridgehead atoms. The second-order valence-electron chi connectivity index (χ2n) is 4.59. The van der Waals surface area contributed by atoms with Crippen molar-refractivity contribution < 1.29 is 9.53 Å². The molecule has 3 rings (SSSR count). The third-order valence-corrected chi connectivity index (χ3v) is 3.17. The topological polar surface area (TPSA) is 84.1 Å². The summed E-state index contributed by atoms with van der Waals surface area (Å²) in [6, 6.07) is 14.0. The molecule has 0 unspecified atom stereocenters. The Morgan fingerprint density at radius 1 is 1.14 bits per heavy atom. The van der Waals surface area contributed by atoms with E-state index in [9.17, 15) is 9.59 Å². The Bertz CT molecular complexity index is 902. The number of ether oxygens (including phenoxy) is 1. The summed E-state index contributed by atoms with van der Waals surface area (Å²) in [5.41, 5.74) is 0.883. The molecule has 3 aromatic rings. The third-order valence-electron chi connectivity index (χ3n) is 3.17. The normalized spacial score (nSPS) is 10.4. The Labute approximate surface area is 125 Å². The van der Waals surface area contributed by atoms with Gasteiger partial charge in [0.2, 0.25) is 0 Å². The van der Waals surface area contributed by atoms with Crippen molar-refractivity contribution in [2.24, 2.45) is 0 Å². The molecule has 6 heteroatoms. The van der Waals surface area contributed by atoms with Crippen LogP contribution < -0.4 is 15.6 Å². The van der Waals surface area contributed by atoms with Crippen molar-refractivity contribution in [3.05, 3.63) is 64.6 Å². The van der Waals surface area contributed by atoms with Crippen molar-refractivity contribution in [3.8, 4) is 5.75 Å². The van der Waals surface area contributed by atoms with Crippen molar-refractivity contribution in [1.29, 1.82) is 0 Å². The van der Waals surface area contributed by atoms with Crippen molar-refractivity contribution in [2.45, 2.75) is 0 Å². The molecular formula is C16H13N3O3. The van der Waals surface area contributed by atoms with Gasteiger partial charge in [-0.3, -0.25) is 9.59 Å². The molecule has 1 aromatic heterocycles. The number of anilines is 1. The van der Waals surface area contributed by atoms with Gasteiger partial charge in [0.05, 0.1) is 23.8 Å². The monoisotopic (exact) mass is 295 g/mol. The molecule has 0 radical (unpaired) electrons. The van der Waals surface area contributed by atoms with E-state index < -0.39 is 11.5 Å². The molecule has 6 nitrogen and oxygen atoms in total. The summed E-state index contributed by atoms with van der Waals surface area (Å²) >= 11 is 0. The average molecular weight is 295 g/mol. The van der Waals surface area contributed by atoms with Crippen LogP contribution in [0.5, 0.6) is 5.75 Å². The van der Waals surface area contributed by atoms with Gasteiger partial charge in [0.1, 0.15) is 5.75 Å². The van der Waals surface area contributed by atoms with Crippen LogP contribution in [-0.2, 0) is 0 Å². The van der Waals surface area contributed by atoms with E-state index in [0.717, 1.165) is 0 Å². The number of aromatic nitrogens is 2. The first-order valence-corrected chi connectivity index (χ1v) is 6.62. The molecule has 0 fully saturated rings. The van der Waals surface area contributed by atoms with Gasteiger partial charge in [-0.25, -0.2) is 4.98 Å². The number of carbonyl (C=O) groups is 1. The van der Waals surface area contributed by atoms with Gasteiger partial charge in [-0.1, -0.05) is 24.3 Å². The maximum atomic E-state index is 12.3. The Balaban J connectivity index is 1.98. The lowest BCUT2D eigenvalue weighted by Gasteiger charge is -2.09. The minimum Gasteiger partial charge on any atom is -0.495 e. The number of aromatic amines is 1. The van der Waals surface area contributed by atoms with Crippen LogP contribution >= 0.6 is 0 Å². The van der Waals surface area contributed by atoms with E-state index in [0.29, 0.717) is 22.5 Å². The van der Waals surface area contributed by atoms with Crippen LogP contribution in [0.25, 0.3) is 11.0 Å². The van der Waals surface area contributed by atoms with E-state index in [1.54, 1.807) is 48.5 Å². The molecule has 0 saturated heterocycles. The number of methoxy groups -OCH3 is 1. The number of hydrogen-bond donors (Lipinski definition) is 2. The molecule has 110 valence electrons. The number of hydrogen-bond acceptors (Lipinski definition) is 4. The van der Waals surface area contributed by atoms with Gasteiger partial charge < -0.3 is 15.0 Å². The van der Waals surface area contributed by atoms with Gasteiger partial charge in [0.25, 0.3) is 11.5 Å². The lowest BCUT2D eigenvalue weighted by molar-refractivity contribution is 0.102. The first kappa shape index (κ1) is 13.8. The largest absolute Gasteiger partial charge is 0.495 e. The molecule has 2 aromatic carbocycles. The third kappa shape index (κ3) is 2.54. The zero-order valence-electron chi connectivity index (χ0n) is 11.8. The molecule has 0 aliphatic rings. The van der Waals surface area contributed by atoms with E-state index >= 15 is 0 Å². The molecule has 2 N–H and O–H groups in total. The Hall–Kier alpha value is -3.15. The molecular weight excluding hydrogens is 282 g/mol. The SMILES string of the molecule is COc1ccccc1NC(=O)c1nc2ccccc2[nH]c1=O. The van der Waals surface area contributed by atoms with Gasteiger partial charge in [0.15, 0.2) is 5.69 Å². The second-order valence-corrected chi connectivity index (χ2v) is 4.59. The second kappa shape index (κ2) is 5.69. The number of nitrogens with zero attached hydrogens (tertiary/aromatic N) is 1. The fourth-order valence-corrected chi connectivity index (χ4v) is 2.11. The summed E-state index contributed by atoms with van der Waals surface area (Å²) in [4.78, 5) is 31.1. The van der Waals surface area contributed by atoms with Crippen molar-refractivity contribution in [1.82, 2.24) is 9.97 Å². The van der Waals surface area contributed by atoms with Crippen molar-refractivity contribution >= 4 is 22.6 Å². The van der Waals surface area contributed by atoms with E-state index in [1.165, 1.54) is 7.11 Å². The number of amides is 1. The van der Waals surface area contributed by atoms with Crippen LogP contribution in [0.4, 0.5) is 5.69 Å². The highest BCUT2D eigenvalue weighted by Crippen LogP contribution is 2.23. The van der Waals surface area contributed by atoms with Crippen molar-refractivity contribution in [3.63, 3.8) is 0 Å². The first-order chi connectivity index (χ1) is 10.7. The Kier molecular flexibility index (Phi) is 3.57. The predicted octanol–water partition coefficient (Wildman–Crippen LogP) is 2.18. The number of H-pyrrole nitrogens is 1. The number of benzene rings is 2. The van der Waals surface area contributed by atoms with Gasteiger partial charge in [0, 0.05) is 0 Å². The molecule has 1 amide bonds. The summed E-state index contributed by atoms with van der Waals surface area (Å²) in [6.07, 6.45) is 0. The average Bonchev–Trinajstić information content (AvgIpc) is 2.54. The number of nitrogens with one attached hydrogen (secondary N) is 2. The molecule has 0 saturated carbocycles. The number of para-hydroxylation sites is 4. The zero-order chi connectivity index (χ0) is 15.5. The molecule has 0 spiro atoms. The van der Waals surface area contributed by atoms with E-state index in [1.807, 2.05) is 0 Å². The summed E-state index contributed by atoms with van der Waals surface area (Å²) < 4.78 is 5.16. The fourth-order valence-electron chi connectivity index (χ4n) is 2.11. The van der Waals surface area contributed by atoms with Crippen LogP contribution in [0.2, 0.25) is 0 Å². The Morgan fingerprint density at radius 2 is 1.86 bits per heavy atom. The Morgan fingerprint density at radius 3 is 2.68 bits per heavy atom. The van der Waals surface area contributed by atoms with Gasteiger partial charge >= 0.3 is 0 Å². The standard InChI is InChI=1S/C16H13N3O3/c1-22-13-9-5-4-8-12(13)19-16(21)14-15(20)18-11-7-3-2-6-10(11)17-14/h2-9H,1H3,(H,18,20)(H,19,21). The summed E-state index contributed by atoms with van der Waals surface area (Å²) in [5, 5.41) is 2.64. The van der Waals surface area contributed by atoms with Gasteiger partial charge in [-0.05, 0) is 24.3 Å². The van der Waals surface area contributed by atoms with Gasteiger partial charge in [-0.15, -0.1) is 0 Å². The van der Waals surface area contributed by atoms with Crippen LogP contribution in [0.1, 0.15) is 10.5 Å². The van der Waals surface area contributed by atoms with Crippen LogP contribution in [0.15, 0.2) is 53.3 Å². The van der Waals surface area contributed by atoms with Crippen molar-refractivity contribution in [2.75, 3.05) is 12.4 Å². The van der Waals surface area contributed by atoms with E-state index in [2.05, 4.69) is 15.3 Å². The molecule has 22 heavy (non-hydrogen) atoms. The molecule has 0 atom stereocenters. The first-order valence-electron chi connectivity index (χ1n) is 6.62. The quantitative estimate of drug-likeness (QED) is 0.775. The molecule has 1 heterocycles. The van der Waals surface area contributed by atoms with E-state index in [4.69, 9.17) is 4.74 Å². The maximum absolute atomic E-state index is 12.3. The number of rotatable bonds is 3. The molecule has 0 aliphatic carbocycles. The van der Waals surface area contributed by atoms with E-state index in [-0.39, 0.29) is 5.69 Å². The fraction of sp³-hybridized carbons (Fsp3) is 0.0625. The highest BCUT2D eigenvalue weighted by atomic mass is 16.5. The lowest BCUT2D eigenvalue weighted by Crippen LogP contribution is -2.25. The van der Waals surface area contributed by atoms with Gasteiger partial charge in [-0.2, -0.15) is 0 Å². The predicted molar refractivity (Wildman–Crippen MR) is 83.3 cm³/mol. The van der Waals surface area contributed by atoms with Crippen LogP contribution in [0, 0.1) is 0 Å². The van der Waals surface area contributed by atoms with Crippen LogP contribution in [0.3, 0.4) is 0 Å². The minimum atomic E-state index is -0.587. The summed E-state index contributed by atoms with van der Waals surface area (Å²) in [7, 11) is 1.51. The number of fused-ring (bicyclic) bond motifs is 1. The van der Waals surface area contributed by atoms with Crippen LogP contribution in [-0.4, -0.2) is 23.0 Å². The maximum Gasteiger partial charge on any atom is 0.280 e. The lowest BCUT2D eigenvalue weighted by atomic mass is 10.2. The smallest absolute Gasteiger partial charge is 0.280 e. The summed E-state index contributed by atoms with van der Waals surface area (Å²) in [5.74, 6) is -0.0791. The zero-order valence-corrected chi connectivity index (χ0v) is 11.8. The summed E-state index contributed by atoms with van der Waals surface area (Å²) in [6.45, 7) is 0. The number of carbonyl (C=O) groups excluding carboxylic acids is 1. The highest BCUT2D eigenvalue weighted by Gasteiger charge is 2.15.